The lowest BCUT2D eigenvalue weighted by Gasteiger charge is -2.33. The summed E-state index contributed by atoms with van der Waals surface area (Å²) < 4.78 is 12.4. The van der Waals surface area contributed by atoms with E-state index in [2.05, 4.69) is 46.9 Å². The average molecular weight is 415 g/mol. The molecule has 0 amide bonds. The number of rotatable bonds is 9. The van der Waals surface area contributed by atoms with Gasteiger partial charge in [-0.05, 0) is 48.2 Å². The van der Waals surface area contributed by atoms with Gasteiger partial charge < -0.3 is 14.3 Å². The smallest absolute Gasteiger partial charge is 0.349 e. The van der Waals surface area contributed by atoms with E-state index in [0.717, 1.165) is 24.0 Å². The second-order valence-corrected chi connectivity index (χ2v) is 11.2. The summed E-state index contributed by atoms with van der Waals surface area (Å²) >= 11 is 0. The van der Waals surface area contributed by atoms with Gasteiger partial charge in [-0.3, -0.25) is 0 Å². The number of carboxylic acids is 1. The summed E-state index contributed by atoms with van der Waals surface area (Å²) in [6.45, 7) is 13.0. The zero-order valence-electron chi connectivity index (χ0n) is 18.4. The minimum atomic E-state index is -1.23. The molecular weight excluding hydrogens is 380 g/mol. The number of hydrogen-bond donors (Lipinski definition) is 1. The first-order chi connectivity index (χ1) is 13.6. The summed E-state index contributed by atoms with van der Waals surface area (Å²) in [5.74, 6) is -0.370. The lowest BCUT2D eigenvalue weighted by Crippen LogP contribution is -2.26. The van der Waals surface area contributed by atoms with Crippen LogP contribution in [0.4, 0.5) is 0 Å². The van der Waals surface area contributed by atoms with Crippen LogP contribution in [0.5, 0.6) is 5.75 Å². The quantitative estimate of drug-likeness (QED) is 0.517. The fourth-order valence-corrected chi connectivity index (χ4v) is 4.52. The minimum Gasteiger partial charge on any atom is -0.478 e. The second kappa shape index (κ2) is 10.1. The van der Waals surface area contributed by atoms with Gasteiger partial charge in [0.1, 0.15) is 5.75 Å². The Hall–Kier alpha value is -2.11. The van der Waals surface area contributed by atoms with Crippen LogP contribution in [0, 0.1) is 5.41 Å². The first-order valence-corrected chi connectivity index (χ1v) is 13.1. The van der Waals surface area contributed by atoms with Crippen LogP contribution in [0.3, 0.4) is 0 Å². The predicted molar refractivity (Wildman–Crippen MR) is 120 cm³/mol. The summed E-state index contributed by atoms with van der Waals surface area (Å²) in [6.07, 6.45) is 0.738. The molecule has 2 atom stereocenters. The van der Waals surface area contributed by atoms with E-state index in [1.807, 2.05) is 30.3 Å². The van der Waals surface area contributed by atoms with E-state index in [1.165, 1.54) is 0 Å². The first-order valence-electron chi connectivity index (χ1n) is 10.4. The van der Waals surface area contributed by atoms with Crippen LogP contribution in [0.25, 0.3) is 0 Å². The molecule has 2 unspecified atom stereocenters. The van der Waals surface area contributed by atoms with Gasteiger partial charge in [0.2, 0.25) is 6.10 Å². The molecule has 0 aliphatic rings. The van der Waals surface area contributed by atoms with Crippen molar-refractivity contribution < 1.29 is 19.1 Å². The standard InChI is InChI=1S/C24H34O4Si/c1-7-11-18-16-19(22(24(2,3)4)28-29(5)6)14-15-20(18)27-21(23(25)26)17-12-9-8-10-13-17/h8-10,12-16,21-22,29H,7,11H2,1-6H3,(H,25,26). The number of hydrogen-bond acceptors (Lipinski definition) is 3. The molecule has 29 heavy (non-hydrogen) atoms. The highest BCUT2D eigenvalue weighted by Gasteiger charge is 2.29. The van der Waals surface area contributed by atoms with Crippen LogP contribution >= 0.6 is 0 Å². The van der Waals surface area contributed by atoms with Crippen molar-refractivity contribution in [3.63, 3.8) is 0 Å². The van der Waals surface area contributed by atoms with Crippen molar-refractivity contribution >= 4 is 15.0 Å². The van der Waals surface area contributed by atoms with Crippen molar-refractivity contribution in [2.75, 3.05) is 0 Å². The summed E-state index contributed by atoms with van der Waals surface area (Å²) in [4.78, 5) is 11.9. The van der Waals surface area contributed by atoms with Gasteiger partial charge in [-0.1, -0.05) is 70.5 Å². The maximum absolute atomic E-state index is 11.9. The van der Waals surface area contributed by atoms with Crippen molar-refractivity contribution in [2.45, 2.75) is 65.8 Å². The molecule has 0 aromatic heterocycles. The largest absolute Gasteiger partial charge is 0.478 e. The van der Waals surface area contributed by atoms with Crippen molar-refractivity contribution in [3.8, 4) is 5.75 Å². The molecule has 0 bridgehead atoms. The van der Waals surface area contributed by atoms with E-state index < -0.39 is 21.1 Å². The molecule has 0 spiro atoms. The number of carboxylic acid groups (broad SMARTS) is 1. The Morgan fingerprint density at radius 1 is 1.07 bits per heavy atom. The van der Waals surface area contributed by atoms with Crippen LogP contribution in [-0.2, 0) is 15.6 Å². The van der Waals surface area contributed by atoms with Crippen LogP contribution in [0.15, 0.2) is 48.5 Å². The Morgan fingerprint density at radius 3 is 2.24 bits per heavy atom. The molecule has 0 heterocycles. The number of aliphatic carboxylic acids is 1. The molecule has 0 radical (unpaired) electrons. The third kappa shape index (κ3) is 6.44. The Labute approximate surface area is 176 Å². The summed E-state index contributed by atoms with van der Waals surface area (Å²) in [5, 5.41) is 9.72. The van der Waals surface area contributed by atoms with Crippen LogP contribution in [0.2, 0.25) is 13.1 Å². The molecule has 0 aliphatic heterocycles. The number of aryl methyl sites for hydroxylation is 1. The fraction of sp³-hybridized carbons (Fsp3) is 0.458. The van der Waals surface area contributed by atoms with Gasteiger partial charge in [0.25, 0.3) is 0 Å². The molecule has 0 saturated carbocycles. The zero-order chi connectivity index (χ0) is 21.6. The molecule has 0 aliphatic carbocycles. The van der Waals surface area contributed by atoms with Crippen molar-refractivity contribution in [1.82, 2.24) is 0 Å². The molecule has 2 aromatic rings. The topological polar surface area (TPSA) is 55.8 Å². The maximum Gasteiger partial charge on any atom is 0.349 e. The Balaban J connectivity index is 2.41. The number of carbonyl (C=O) groups is 1. The molecule has 1 N–H and O–H groups in total. The lowest BCUT2D eigenvalue weighted by molar-refractivity contribution is -0.145. The Morgan fingerprint density at radius 2 is 1.72 bits per heavy atom. The molecule has 5 heteroatoms. The first kappa shape index (κ1) is 23.2. The second-order valence-electron chi connectivity index (χ2n) is 8.79. The molecule has 158 valence electrons. The van der Waals surface area contributed by atoms with Gasteiger partial charge in [-0.25, -0.2) is 4.79 Å². The van der Waals surface area contributed by atoms with Gasteiger partial charge in [0, 0.05) is 5.56 Å². The molecular formula is C24H34O4Si. The molecule has 0 fully saturated rings. The highest BCUT2D eigenvalue weighted by Crippen LogP contribution is 2.39. The van der Waals surface area contributed by atoms with E-state index in [9.17, 15) is 9.90 Å². The molecule has 4 nitrogen and oxygen atoms in total. The van der Waals surface area contributed by atoms with E-state index in [1.54, 1.807) is 12.1 Å². The van der Waals surface area contributed by atoms with Gasteiger partial charge in [0.05, 0.1) is 6.10 Å². The molecule has 2 rings (SSSR count). The van der Waals surface area contributed by atoms with E-state index >= 15 is 0 Å². The van der Waals surface area contributed by atoms with Crippen LogP contribution in [0.1, 0.15) is 63.0 Å². The highest BCUT2D eigenvalue weighted by atomic mass is 28.3. The number of benzene rings is 2. The van der Waals surface area contributed by atoms with E-state index in [-0.39, 0.29) is 11.5 Å². The summed E-state index contributed by atoms with van der Waals surface area (Å²) in [7, 11) is -1.23. The molecule has 0 saturated heterocycles. The summed E-state index contributed by atoms with van der Waals surface area (Å²) in [5.41, 5.74) is 2.75. The van der Waals surface area contributed by atoms with E-state index in [0.29, 0.717) is 11.3 Å². The lowest BCUT2D eigenvalue weighted by atomic mass is 9.84. The van der Waals surface area contributed by atoms with E-state index in [4.69, 9.17) is 9.16 Å². The van der Waals surface area contributed by atoms with Gasteiger partial charge >= 0.3 is 5.97 Å². The van der Waals surface area contributed by atoms with Gasteiger partial charge in [-0.15, -0.1) is 0 Å². The van der Waals surface area contributed by atoms with Crippen molar-refractivity contribution in [2.24, 2.45) is 5.41 Å². The van der Waals surface area contributed by atoms with Crippen LogP contribution in [-0.4, -0.2) is 20.1 Å². The minimum absolute atomic E-state index is 0.00298. The number of ether oxygens (including phenoxy) is 1. The third-order valence-electron chi connectivity index (χ3n) is 4.67. The Bertz CT molecular complexity index is 796. The van der Waals surface area contributed by atoms with Crippen molar-refractivity contribution in [3.05, 3.63) is 65.2 Å². The van der Waals surface area contributed by atoms with Gasteiger partial charge in [0.15, 0.2) is 9.04 Å². The SMILES string of the molecule is CCCc1cc(C(O[SiH](C)C)C(C)(C)C)ccc1OC(C(=O)O)c1ccccc1. The highest BCUT2D eigenvalue weighted by molar-refractivity contribution is 6.48. The fourth-order valence-electron chi connectivity index (χ4n) is 3.41. The predicted octanol–water partition coefficient (Wildman–Crippen LogP) is 5.93. The summed E-state index contributed by atoms with van der Waals surface area (Å²) in [6, 6.07) is 15.1. The average Bonchev–Trinajstić information content (AvgIpc) is 2.64. The van der Waals surface area contributed by atoms with Crippen molar-refractivity contribution in [1.29, 1.82) is 0 Å². The maximum atomic E-state index is 11.9. The van der Waals surface area contributed by atoms with Gasteiger partial charge in [-0.2, -0.15) is 0 Å². The Kier molecular flexibility index (Phi) is 8.05. The monoisotopic (exact) mass is 414 g/mol. The molecule has 2 aromatic carbocycles. The zero-order valence-corrected chi connectivity index (χ0v) is 19.6. The normalized spacial score (nSPS) is 13.9. The van der Waals surface area contributed by atoms with Crippen LogP contribution < -0.4 is 4.74 Å². The third-order valence-corrected chi connectivity index (χ3v) is 5.49.